The first kappa shape index (κ1) is 13.6. The number of nitrogens with zero attached hydrogens (tertiary/aromatic N) is 1. The highest BCUT2D eigenvalue weighted by Gasteiger charge is 1.95. The average Bonchev–Trinajstić information content (AvgIpc) is 2.25. The third kappa shape index (κ3) is 7.67. The molecule has 2 N–H and O–H groups in total. The Morgan fingerprint density at radius 1 is 1.47 bits per heavy atom. The molecule has 0 aliphatic rings. The van der Waals surface area contributed by atoms with E-state index in [0.717, 1.165) is 12.4 Å². The van der Waals surface area contributed by atoms with Crippen molar-refractivity contribution in [2.45, 2.75) is 13.8 Å². The number of allylic oxidation sites excluding steroid dienone is 3. The van der Waals surface area contributed by atoms with E-state index in [1.54, 1.807) is 0 Å². The summed E-state index contributed by atoms with van der Waals surface area (Å²) in [5.74, 6) is 0.136. The SMILES string of the molecule is C=CC(C)/C=C\C(C)CN=C/C(F)=C\N. The molecule has 0 saturated carbocycles. The maximum absolute atomic E-state index is 12.5. The molecule has 0 heterocycles. The van der Waals surface area contributed by atoms with Crippen LogP contribution >= 0.6 is 0 Å². The lowest BCUT2D eigenvalue weighted by Crippen LogP contribution is -1.96. The Labute approximate surface area is 91.1 Å². The normalized spacial score (nSPS) is 17.1. The quantitative estimate of drug-likeness (QED) is 0.531. The minimum atomic E-state index is -0.509. The maximum atomic E-state index is 12.5. The van der Waals surface area contributed by atoms with Gasteiger partial charge < -0.3 is 5.73 Å². The van der Waals surface area contributed by atoms with Gasteiger partial charge in [-0.2, -0.15) is 0 Å². The van der Waals surface area contributed by atoms with Crippen LogP contribution in [0.3, 0.4) is 0 Å². The van der Waals surface area contributed by atoms with Gasteiger partial charge in [-0.15, -0.1) is 6.58 Å². The van der Waals surface area contributed by atoms with Gasteiger partial charge in [0.2, 0.25) is 0 Å². The minimum Gasteiger partial charge on any atom is -0.402 e. The van der Waals surface area contributed by atoms with Crippen molar-refractivity contribution in [3.05, 3.63) is 36.8 Å². The van der Waals surface area contributed by atoms with Crippen molar-refractivity contribution in [1.82, 2.24) is 0 Å². The fourth-order valence-electron chi connectivity index (χ4n) is 0.854. The van der Waals surface area contributed by atoms with Crippen LogP contribution in [-0.2, 0) is 0 Å². The molecular formula is C12H19FN2. The van der Waals surface area contributed by atoms with E-state index >= 15 is 0 Å². The Morgan fingerprint density at radius 3 is 2.67 bits per heavy atom. The van der Waals surface area contributed by atoms with E-state index in [1.165, 1.54) is 0 Å². The third-order valence-electron chi connectivity index (χ3n) is 1.88. The molecule has 0 radical (unpaired) electrons. The molecule has 0 rings (SSSR count). The molecule has 2 atom stereocenters. The van der Waals surface area contributed by atoms with Crippen molar-refractivity contribution in [3.8, 4) is 0 Å². The molecule has 0 spiro atoms. The summed E-state index contributed by atoms with van der Waals surface area (Å²) >= 11 is 0. The molecule has 0 aliphatic carbocycles. The summed E-state index contributed by atoms with van der Waals surface area (Å²) < 4.78 is 12.5. The van der Waals surface area contributed by atoms with Crippen molar-refractivity contribution in [3.63, 3.8) is 0 Å². The monoisotopic (exact) mass is 210 g/mol. The molecule has 0 aromatic rings. The molecule has 0 aliphatic heterocycles. The number of rotatable bonds is 6. The van der Waals surface area contributed by atoms with Crippen LogP contribution in [0.2, 0.25) is 0 Å². The van der Waals surface area contributed by atoms with Crippen molar-refractivity contribution >= 4 is 6.21 Å². The second kappa shape index (κ2) is 7.97. The van der Waals surface area contributed by atoms with E-state index < -0.39 is 5.83 Å². The molecule has 0 fully saturated rings. The number of hydrogen-bond acceptors (Lipinski definition) is 2. The van der Waals surface area contributed by atoms with E-state index in [2.05, 4.69) is 24.6 Å². The summed E-state index contributed by atoms with van der Waals surface area (Å²) in [5, 5.41) is 0. The summed E-state index contributed by atoms with van der Waals surface area (Å²) in [6, 6.07) is 0. The summed E-state index contributed by atoms with van der Waals surface area (Å²) in [6.45, 7) is 8.31. The highest BCUT2D eigenvalue weighted by atomic mass is 19.1. The summed E-state index contributed by atoms with van der Waals surface area (Å²) in [6.07, 6.45) is 8.00. The van der Waals surface area contributed by atoms with Crippen LogP contribution in [0.25, 0.3) is 0 Å². The van der Waals surface area contributed by atoms with E-state index in [4.69, 9.17) is 5.73 Å². The standard InChI is InChI=1S/C12H19FN2/c1-4-10(2)5-6-11(3)8-15-9-12(13)7-14/h4-7,9-11H,1,8,14H2,2-3H3/b6-5-,12-7+,15-9?. The molecule has 15 heavy (non-hydrogen) atoms. The zero-order valence-electron chi connectivity index (χ0n) is 9.36. The van der Waals surface area contributed by atoms with Gasteiger partial charge in [0.1, 0.15) is 0 Å². The fourth-order valence-corrected chi connectivity index (χ4v) is 0.854. The lowest BCUT2D eigenvalue weighted by molar-refractivity contribution is 0.677. The first-order valence-electron chi connectivity index (χ1n) is 4.98. The molecule has 0 bridgehead atoms. The van der Waals surface area contributed by atoms with Crippen LogP contribution in [0.5, 0.6) is 0 Å². The van der Waals surface area contributed by atoms with Crippen LogP contribution < -0.4 is 5.73 Å². The summed E-state index contributed by atoms with van der Waals surface area (Å²) in [5.41, 5.74) is 4.95. The highest BCUT2D eigenvalue weighted by Crippen LogP contribution is 2.04. The third-order valence-corrected chi connectivity index (χ3v) is 1.88. The van der Waals surface area contributed by atoms with Crippen LogP contribution in [0.1, 0.15) is 13.8 Å². The van der Waals surface area contributed by atoms with Gasteiger partial charge in [-0.05, 0) is 11.8 Å². The van der Waals surface area contributed by atoms with Gasteiger partial charge >= 0.3 is 0 Å². The van der Waals surface area contributed by atoms with Gasteiger partial charge in [0.05, 0.1) is 6.21 Å². The van der Waals surface area contributed by atoms with Gasteiger partial charge in [0, 0.05) is 12.7 Å². The molecule has 2 nitrogen and oxygen atoms in total. The van der Waals surface area contributed by atoms with Gasteiger partial charge in [0.25, 0.3) is 0 Å². The molecule has 0 aromatic heterocycles. The second-order valence-corrected chi connectivity index (χ2v) is 3.50. The zero-order chi connectivity index (χ0) is 11.7. The molecule has 0 saturated heterocycles. The number of halogens is 1. The topological polar surface area (TPSA) is 38.4 Å². The van der Waals surface area contributed by atoms with Crippen molar-refractivity contribution < 1.29 is 4.39 Å². The van der Waals surface area contributed by atoms with Crippen LogP contribution in [0.15, 0.2) is 41.8 Å². The lowest BCUT2D eigenvalue weighted by atomic mass is 10.1. The Morgan fingerprint density at radius 2 is 2.13 bits per heavy atom. The largest absolute Gasteiger partial charge is 0.402 e. The van der Waals surface area contributed by atoms with Crippen molar-refractivity contribution in [2.75, 3.05) is 6.54 Å². The first-order valence-corrected chi connectivity index (χ1v) is 4.98. The average molecular weight is 210 g/mol. The number of aliphatic imine (C=N–C) groups is 1. The Kier molecular flexibility index (Phi) is 7.24. The predicted octanol–water partition coefficient (Wildman–Crippen LogP) is 2.84. The van der Waals surface area contributed by atoms with Crippen molar-refractivity contribution in [1.29, 1.82) is 0 Å². The van der Waals surface area contributed by atoms with E-state index in [0.29, 0.717) is 12.5 Å². The summed E-state index contributed by atoms with van der Waals surface area (Å²) in [7, 11) is 0. The Balaban J connectivity index is 3.94. The second-order valence-electron chi connectivity index (χ2n) is 3.50. The van der Waals surface area contributed by atoms with Gasteiger partial charge in [-0.3, -0.25) is 4.99 Å². The first-order chi connectivity index (χ1) is 7.10. The minimum absolute atomic E-state index is 0.286. The van der Waals surface area contributed by atoms with Crippen LogP contribution in [0.4, 0.5) is 4.39 Å². The molecule has 3 heteroatoms. The lowest BCUT2D eigenvalue weighted by Gasteiger charge is -2.02. The van der Waals surface area contributed by atoms with Crippen LogP contribution in [0, 0.1) is 11.8 Å². The van der Waals surface area contributed by atoms with Crippen LogP contribution in [-0.4, -0.2) is 12.8 Å². The Hall–Kier alpha value is -1.38. The van der Waals surface area contributed by atoms with E-state index in [-0.39, 0.29) is 5.92 Å². The van der Waals surface area contributed by atoms with Crippen molar-refractivity contribution in [2.24, 2.45) is 22.6 Å². The molecule has 2 unspecified atom stereocenters. The Bertz CT molecular complexity index is 267. The maximum Gasteiger partial charge on any atom is 0.156 e. The summed E-state index contributed by atoms with van der Waals surface area (Å²) in [4.78, 5) is 3.92. The molecule has 84 valence electrons. The zero-order valence-corrected chi connectivity index (χ0v) is 9.36. The van der Waals surface area contributed by atoms with E-state index in [1.807, 2.05) is 19.1 Å². The fraction of sp³-hybridized carbons (Fsp3) is 0.417. The smallest absolute Gasteiger partial charge is 0.156 e. The molecular weight excluding hydrogens is 191 g/mol. The van der Waals surface area contributed by atoms with E-state index in [9.17, 15) is 4.39 Å². The number of nitrogens with two attached hydrogens (primary N) is 1. The highest BCUT2D eigenvalue weighted by molar-refractivity contribution is 5.75. The number of hydrogen-bond donors (Lipinski definition) is 1. The van der Waals surface area contributed by atoms with Gasteiger partial charge in [-0.1, -0.05) is 32.1 Å². The molecule has 0 aromatic carbocycles. The molecule has 0 amide bonds. The van der Waals surface area contributed by atoms with Gasteiger partial charge in [-0.25, -0.2) is 4.39 Å². The van der Waals surface area contributed by atoms with Gasteiger partial charge in [0.15, 0.2) is 5.83 Å². The predicted molar refractivity (Wildman–Crippen MR) is 64.4 cm³/mol.